The highest BCUT2D eigenvalue weighted by Gasteiger charge is 2.10. The lowest BCUT2D eigenvalue weighted by molar-refractivity contribution is 0.309. The van der Waals surface area contributed by atoms with Crippen molar-refractivity contribution in [2.45, 2.75) is 6.92 Å². The number of nitrogens with zero attached hydrogens (tertiary/aromatic N) is 4. The number of methoxy groups -OCH3 is 1. The van der Waals surface area contributed by atoms with Gasteiger partial charge < -0.3 is 9.47 Å². The van der Waals surface area contributed by atoms with E-state index in [4.69, 9.17) is 9.47 Å². The quantitative estimate of drug-likeness (QED) is 0.596. The van der Waals surface area contributed by atoms with E-state index in [0.29, 0.717) is 12.4 Å². The Bertz CT molecular complexity index is 569. The van der Waals surface area contributed by atoms with Crippen molar-refractivity contribution in [1.82, 2.24) is 14.9 Å². The van der Waals surface area contributed by atoms with Crippen molar-refractivity contribution in [3.8, 4) is 11.5 Å². The van der Waals surface area contributed by atoms with Crippen molar-refractivity contribution < 1.29 is 9.47 Å². The second-order valence-electron chi connectivity index (χ2n) is 3.55. The van der Waals surface area contributed by atoms with Crippen LogP contribution in [-0.2, 0) is 0 Å². The Morgan fingerprint density at radius 2 is 2.11 bits per heavy atom. The van der Waals surface area contributed by atoms with Crippen molar-refractivity contribution in [2.24, 2.45) is 5.10 Å². The SMILES string of the molecule is CCOc1cc(C=Nn2cnnc2)cc(I)c1OC. The average Bonchev–Trinajstić information content (AvgIpc) is 2.90. The Labute approximate surface area is 124 Å². The summed E-state index contributed by atoms with van der Waals surface area (Å²) < 4.78 is 13.4. The van der Waals surface area contributed by atoms with Crippen LogP contribution in [-0.4, -0.2) is 34.8 Å². The average molecular weight is 372 g/mol. The number of hydrogen-bond donors (Lipinski definition) is 0. The minimum atomic E-state index is 0.582. The molecule has 0 amide bonds. The molecule has 19 heavy (non-hydrogen) atoms. The monoisotopic (exact) mass is 372 g/mol. The molecular formula is C12H13IN4O2. The Hall–Kier alpha value is -1.64. The summed E-state index contributed by atoms with van der Waals surface area (Å²) in [6.07, 6.45) is 4.76. The van der Waals surface area contributed by atoms with Crippen LogP contribution >= 0.6 is 22.6 Å². The normalized spacial score (nSPS) is 10.9. The van der Waals surface area contributed by atoms with E-state index in [1.807, 2.05) is 19.1 Å². The van der Waals surface area contributed by atoms with Crippen molar-refractivity contribution >= 4 is 28.8 Å². The second-order valence-corrected chi connectivity index (χ2v) is 4.72. The standard InChI is InChI=1S/C12H13IN4O2/c1-3-19-11-5-9(4-10(13)12(11)18-2)6-16-17-7-14-15-8-17/h4-8H,3H2,1-2H3. The van der Waals surface area contributed by atoms with E-state index in [2.05, 4.69) is 37.9 Å². The van der Waals surface area contributed by atoms with E-state index in [-0.39, 0.29) is 0 Å². The fraction of sp³-hybridized carbons (Fsp3) is 0.250. The zero-order chi connectivity index (χ0) is 13.7. The Kier molecular flexibility index (Phi) is 4.72. The first kappa shape index (κ1) is 13.8. The molecule has 0 fully saturated rings. The zero-order valence-corrected chi connectivity index (χ0v) is 12.7. The molecule has 7 heteroatoms. The molecule has 2 rings (SSSR count). The summed E-state index contributed by atoms with van der Waals surface area (Å²) in [6.45, 7) is 2.52. The van der Waals surface area contributed by atoms with E-state index in [9.17, 15) is 0 Å². The molecule has 0 N–H and O–H groups in total. The van der Waals surface area contributed by atoms with E-state index < -0.39 is 0 Å². The van der Waals surface area contributed by atoms with Crippen LogP contribution in [0, 0.1) is 3.57 Å². The summed E-state index contributed by atoms with van der Waals surface area (Å²) >= 11 is 2.21. The van der Waals surface area contributed by atoms with Gasteiger partial charge in [-0.2, -0.15) is 5.10 Å². The van der Waals surface area contributed by atoms with E-state index >= 15 is 0 Å². The van der Waals surface area contributed by atoms with Gasteiger partial charge in [-0.25, -0.2) is 4.68 Å². The molecule has 0 saturated heterocycles. The maximum absolute atomic E-state index is 5.56. The lowest BCUT2D eigenvalue weighted by Gasteiger charge is -2.11. The smallest absolute Gasteiger partial charge is 0.174 e. The molecule has 2 aromatic rings. The Morgan fingerprint density at radius 1 is 1.37 bits per heavy atom. The lowest BCUT2D eigenvalue weighted by Crippen LogP contribution is -1.99. The van der Waals surface area contributed by atoms with Crippen LogP contribution in [0.4, 0.5) is 0 Å². The largest absolute Gasteiger partial charge is 0.492 e. The van der Waals surface area contributed by atoms with Crippen LogP contribution < -0.4 is 9.47 Å². The van der Waals surface area contributed by atoms with Gasteiger partial charge in [-0.05, 0) is 47.2 Å². The van der Waals surface area contributed by atoms with Gasteiger partial charge in [-0.15, -0.1) is 10.2 Å². The number of ether oxygens (including phenoxy) is 2. The maximum atomic E-state index is 5.56. The minimum absolute atomic E-state index is 0.582. The third-order valence-corrected chi connectivity index (χ3v) is 3.08. The van der Waals surface area contributed by atoms with Crippen LogP contribution in [0.1, 0.15) is 12.5 Å². The van der Waals surface area contributed by atoms with Gasteiger partial charge in [0.15, 0.2) is 11.5 Å². The highest BCUT2D eigenvalue weighted by atomic mass is 127. The highest BCUT2D eigenvalue weighted by Crippen LogP contribution is 2.33. The summed E-state index contributed by atoms with van der Waals surface area (Å²) in [6, 6.07) is 3.86. The van der Waals surface area contributed by atoms with Crippen LogP contribution in [0.5, 0.6) is 11.5 Å². The van der Waals surface area contributed by atoms with Crippen LogP contribution in [0.3, 0.4) is 0 Å². The Morgan fingerprint density at radius 3 is 2.74 bits per heavy atom. The van der Waals surface area contributed by atoms with Gasteiger partial charge in [0.1, 0.15) is 12.7 Å². The molecule has 0 atom stereocenters. The topological polar surface area (TPSA) is 61.5 Å². The molecule has 6 nitrogen and oxygen atoms in total. The zero-order valence-electron chi connectivity index (χ0n) is 10.6. The highest BCUT2D eigenvalue weighted by molar-refractivity contribution is 14.1. The van der Waals surface area contributed by atoms with E-state index in [1.165, 1.54) is 17.3 Å². The molecule has 0 aliphatic heterocycles. The molecule has 0 radical (unpaired) electrons. The number of rotatable bonds is 5. The van der Waals surface area contributed by atoms with Gasteiger partial charge in [-0.3, -0.25) is 0 Å². The predicted molar refractivity (Wildman–Crippen MR) is 79.9 cm³/mol. The van der Waals surface area contributed by atoms with Crippen molar-refractivity contribution in [3.05, 3.63) is 33.9 Å². The number of hydrogen-bond acceptors (Lipinski definition) is 5. The fourth-order valence-corrected chi connectivity index (χ4v) is 2.36. The maximum Gasteiger partial charge on any atom is 0.174 e. The third-order valence-electron chi connectivity index (χ3n) is 2.28. The molecule has 0 spiro atoms. The third kappa shape index (κ3) is 3.43. The van der Waals surface area contributed by atoms with Gasteiger partial charge in [0, 0.05) is 0 Å². The summed E-state index contributed by atoms with van der Waals surface area (Å²) in [7, 11) is 1.63. The predicted octanol–water partition coefficient (Wildman–Crippen LogP) is 2.17. The molecule has 0 unspecified atom stereocenters. The van der Waals surface area contributed by atoms with Gasteiger partial charge >= 0.3 is 0 Å². The molecule has 0 aliphatic rings. The summed E-state index contributed by atoms with van der Waals surface area (Å²) in [4.78, 5) is 0. The number of halogens is 1. The van der Waals surface area contributed by atoms with Crippen LogP contribution in [0.15, 0.2) is 29.9 Å². The summed E-state index contributed by atoms with van der Waals surface area (Å²) in [5.74, 6) is 1.45. The summed E-state index contributed by atoms with van der Waals surface area (Å²) in [5, 5.41) is 11.6. The van der Waals surface area contributed by atoms with Gasteiger partial charge in [0.25, 0.3) is 0 Å². The van der Waals surface area contributed by atoms with Crippen molar-refractivity contribution in [1.29, 1.82) is 0 Å². The molecule has 0 bridgehead atoms. The van der Waals surface area contributed by atoms with E-state index in [0.717, 1.165) is 14.9 Å². The summed E-state index contributed by atoms with van der Waals surface area (Å²) in [5.41, 5.74) is 0.919. The first-order valence-corrected chi connectivity index (χ1v) is 6.71. The van der Waals surface area contributed by atoms with Gasteiger partial charge in [-0.1, -0.05) is 0 Å². The lowest BCUT2D eigenvalue weighted by atomic mass is 10.2. The first-order chi connectivity index (χ1) is 9.24. The molecule has 1 heterocycles. The molecule has 1 aromatic heterocycles. The Balaban J connectivity index is 2.31. The van der Waals surface area contributed by atoms with Crippen molar-refractivity contribution in [3.63, 3.8) is 0 Å². The second kappa shape index (κ2) is 6.50. The molecule has 1 aromatic carbocycles. The molecule has 100 valence electrons. The van der Waals surface area contributed by atoms with Gasteiger partial charge in [0.05, 0.1) is 23.5 Å². The minimum Gasteiger partial charge on any atom is -0.492 e. The van der Waals surface area contributed by atoms with Crippen molar-refractivity contribution in [2.75, 3.05) is 13.7 Å². The molecular weight excluding hydrogens is 359 g/mol. The number of aromatic nitrogens is 3. The first-order valence-electron chi connectivity index (χ1n) is 5.64. The molecule has 0 aliphatic carbocycles. The molecule has 0 saturated carbocycles. The number of benzene rings is 1. The van der Waals surface area contributed by atoms with Crippen LogP contribution in [0.2, 0.25) is 0 Å². The van der Waals surface area contributed by atoms with E-state index in [1.54, 1.807) is 13.3 Å². The van der Waals surface area contributed by atoms with Gasteiger partial charge in [0.2, 0.25) is 0 Å². The van der Waals surface area contributed by atoms with Crippen LogP contribution in [0.25, 0.3) is 0 Å². The fourth-order valence-electron chi connectivity index (χ4n) is 1.51.